The molecule has 6 atom stereocenters. The normalized spacial score (nSPS) is 25.4. The second kappa shape index (κ2) is 10.5. The van der Waals surface area contributed by atoms with Gasteiger partial charge >= 0.3 is 6.03 Å². The van der Waals surface area contributed by atoms with E-state index >= 15 is 0 Å². The van der Waals surface area contributed by atoms with Crippen molar-refractivity contribution in [2.75, 3.05) is 11.9 Å². The van der Waals surface area contributed by atoms with Crippen molar-refractivity contribution in [2.24, 2.45) is 22.7 Å². The summed E-state index contributed by atoms with van der Waals surface area (Å²) < 4.78 is 0. The number of piperidine rings is 1. The van der Waals surface area contributed by atoms with E-state index in [0.29, 0.717) is 12.2 Å². The van der Waals surface area contributed by atoms with Gasteiger partial charge in [-0.05, 0) is 61.5 Å². The molecule has 10 nitrogen and oxygen atoms in total. The van der Waals surface area contributed by atoms with Gasteiger partial charge < -0.3 is 26.2 Å². The maximum Gasteiger partial charge on any atom is 0.315 e. The van der Waals surface area contributed by atoms with Gasteiger partial charge in [0.25, 0.3) is 0 Å². The minimum absolute atomic E-state index is 0.0610. The van der Waals surface area contributed by atoms with Crippen LogP contribution in [0.4, 0.5) is 10.5 Å². The molecule has 0 radical (unpaired) electrons. The maximum absolute atomic E-state index is 14.0. The van der Waals surface area contributed by atoms with Gasteiger partial charge in [-0.3, -0.25) is 9.59 Å². The Bertz CT molecular complexity index is 1330. The monoisotopic (exact) mass is 562 g/mol. The Balaban J connectivity index is 1.54. The van der Waals surface area contributed by atoms with Gasteiger partial charge in [-0.25, -0.2) is 9.59 Å². The van der Waals surface area contributed by atoms with Gasteiger partial charge in [-0.2, -0.15) is 5.26 Å². The van der Waals surface area contributed by atoms with Crippen molar-refractivity contribution in [2.45, 2.75) is 91.4 Å². The average Bonchev–Trinajstić information content (AvgIpc) is 3.20. The molecule has 1 saturated heterocycles. The lowest BCUT2D eigenvalue weighted by Crippen LogP contribution is -2.61. The third kappa shape index (κ3) is 5.96. The highest BCUT2D eigenvalue weighted by Crippen LogP contribution is 2.65. The van der Waals surface area contributed by atoms with Crippen LogP contribution < -0.4 is 21.3 Å². The lowest BCUT2D eigenvalue weighted by Gasteiger charge is -2.38. The topological polar surface area (TPSA) is 143 Å². The van der Waals surface area contributed by atoms with Crippen LogP contribution >= 0.6 is 0 Å². The highest BCUT2D eigenvalue weighted by Gasteiger charge is 2.69. The maximum atomic E-state index is 14.0. The predicted molar refractivity (Wildman–Crippen MR) is 155 cm³/mol. The SMILES string of the molecule is CC(C)(C)NC(=O)N[C@H](C(=O)N1C[C@H]2[C@@H]([C@H]1C(=O)N[C@H](C#N)CC1C(=C=O)Nc3ccccc31)C2(C)C)C(C)(C)C. The summed E-state index contributed by atoms with van der Waals surface area (Å²) in [4.78, 5) is 53.9. The highest BCUT2D eigenvalue weighted by molar-refractivity contribution is 5.94. The molecular formula is C31H42N6O4. The number of hydrogen-bond donors (Lipinski definition) is 4. The van der Waals surface area contributed by atoms with Gasteiger partial charge in [0.05, 0.1) is 6.07 Å². The number of nitrogens with zero attached hydrogens (tertiary/aromatic N) is 2. The fourth-order valence-electron chi connectivity index (χ4n) is 6.42. The van der Waals surface area contributed by atoms with Gasteiger partial charge in [0.2, 0.25) is 11.8 Å². The molecule has 1 saturated carbocycles. The number of allylic oxidation sites excluding steroid dienone is 1. The van der Waals surface area contributed by atoms with Crippen LogP contribution in [-0.4, -0.2) is 58.9 Å². The zero-order chi connectivity index (χ0) is 30.5. The molecule has 4 rings (SSSR count). The first kappa shape index (κ1) is 30.1. The number of carbonyl (C=O) groups excluding carboxylic acids is 4. The van der Waals surface area contributed by atoms with E-state index in [-0.39, 0.29) is 29.6 Å². The van der Waals surface area contributed by atoms with Gasteiger partial charge in [0, 0.05) is 23.7 Å². The molecule has 0 spiro atoms. The Morgan fingerprint density at radius 3 is 2.37 bits per heavy atom. The summed E-state index contributed by atoms with van der Waals surface area (Å²) in [6.45, 7) is 15.8. The van der Waals surface area contributed by atoms with E-state index in [2.05, 4.69) is 41.2 Å². The van der Waals surface area contributed by atoms with E-state index in [0.717, 1.165) is 11.3 Å². The number of rotatable bonds is 6. The zero-order valence-electron chi connectivity index (χ0n) is 25.2. The van der Waals surface area contributed by atoms with Crippen LogP contribution in [0.3, 0.4) is 0 Å². The van der Waals surface area contributed by atoms with E-state index in [1.807, 2.05) is 71.7 Å². The third-order valence-corrected chi connectivity index (χ3v) is 8.64. The summed E-state index contributed by atoms with van der Waals surface area (Å²) >= 11 is 0. The first-order valence-corrected chi connectivity index (χ1v) is 14.2. The van der Waals surface area contributed by atoms with Crippen molar-refractivity contribution >= 4 is 29.5 Å². The second-order valence-corrected chi connectivity index (χ2v) is 14.2. The Morgan fingerprint density at radius 2 is 1.78 bits per heavy atom. The van der Waals surface area contributed by atoms with Crippen molar-refractivity contribution in [3.8, 4) is 6.07 Å². The number of fused-ring (bicyclic) bond motifs is 2. The molecule has 0 aromatic heterocycles. The number of nitrogens with one attached hydrogen (secondary N) is 4. The van der Waals surface area contributed by atoms with Crippen molar-refractivity contribution < 1.29 is 19.2 Å². The summed E-state index contributed by atoms with van der Waals surface area (Å²) in [5.74, 6) is 0.897. The molecule has 4 amide bonds. The first-order chi connectivity index (χ1) is 19.0. The van der Waals surface area contributed by atoms with Crippen LogP contribution in [-0.2, 0) is 14.4 Å². The standard InChI is InChI=1S/C31H42N6O4/c1-29(2,3)25(35-28(41)36-30(4,5)6)27(40)37-15-20-23(31(20,7)8)24(37)26(39)33-17(14-32)13-19-18-11-9-10-12-21(18)34-22(19)16-38/h9-12,17,19-20,23-25,34H,13,15H2,1-8H3,(H,33,39)(H2,35,36,41)/t17-,19?,20-,23-,24-,25+/m0/s1. The first-order valence-electron chi connectivity index (χ1n) is 14.2. The molecule has 0 bridgehead atoms. The number of amides is 4. The number of anilines is 1. The predicted octanol–water partition coefficient (Wildman–Crippen LogP) is 3.31. The number of nitriles is 1. The van der Waals surface area contributed by atoms with E-state index < -0.39 is 46.9 Å². The van der Waals surface area contributed by atoms with Gasteiger partial charge in [0.1, 0.15) is 29.8 Å². The van der Waals surface area contributed by atoms with Crippen LogP contribution in [0.5, 0.6) is 0 Å². The zero-order valence-corrected chi connectivity index (χ0v) is 25.2. The molecule has 1 unspecified atom stereocenters. The molecule has 1 aliphatic carbocycles. The molecule has 3 aliphatic rings. The Kier molecular flexibility index (Phi) is 7.74. The Labute approximate surface area is 242 Å². The number of benzene rings is 1. The molecule has 1 aromatic rings. The number of urea groups is 1. The number of hydrogen-bond acceptors (Lipinski definition) is 6. The van der Waals surface area contributed by atoms with Crippen molar-refractivity contribution in [1.82, 2.24) is 20.9 Å². The summed E-state index contributed by atoms with van der Waals surface area (Å²) in [6, 6.07) is 6.64. The fourth-order valence-corrected chi connectivity index (χ4v) is 6.42. The summed E-state index contributed by atoms with van der Waals surface area (Å²) in [5, 5.41) is 21.6. The van der Waals surface area contributed by atoms with Gasteiger partial charge in [-0.15, -0.1) is 0 Å². The molecule has 10 heteroatoms. The molecule has 1 aromatic carbocycles. The summed E-state index contributed by atoms with van der Waals surface area (Å²) in [5.41, 5.74) is 0.744. The number of para-hydroxylation sites is 1. The van der Waals surface area contributed by atoms with Gasteiger partial charge in [-0.1, -0.05) is 52.8 Å². The molecular weight excluding hydrogens is 520 g/mol. The molecule has 2 aliphatic heterocycles. The van der Waals surface area contributed by atoms with E-state index in [4.69, 9.17) is 0 Å². The minimum Gasteiger partial charge on any atom is -0.349 e. The van der Waals surface area contributed by atoms with Crippen molar-refractivity contribution in [3.63, 3.8) is 0 Å². The largest absolute Gasteiger partial charge is 0.349 e. The third-order valence-electron chi connectivity index (χ3n) is 8.64. The van der Waals surface area contributed by atoms with Crippen LogP contribution in [0, 0.1) is 34.0 Å². The van der Waals surface area contributed by atoms with Crippen molar-refractivity contribution in [1.29, 1.82) is 5.26 Å². The molecule has 2 fully saturated rings. The molecule has 41 heavy (non-hydrogen) atoms. The number of carbonyl (C=O) groups is 3. The molecule has 2 heterocycles. The second-order valence-electron chi connectivity index (χ2n) is 14.2. The van der Waals surface area contributed by atoms with E-state index in [1.54, 1.807) is 4.90 Å². The number of likely N-dealkylation sites (tertiary alicyclic amines) is 1. The lowest BCUT2D eigenvalue weighted by molar-refractivity contribution is -0.143. The van der Waals surface area contributed by atoms with E-state index in [9.17, 15) is 24.4 Å². The van der Waals surface area contributed by atoms with Crippen LogP contribution in [0.2, 0.25) is 0 Å². The summed E-state index contributed by atoms with van der Waals surface area (Å²) in [6.07, 6.45) is 0.189. The Morgan fingerprint density at radius 1 is 1.12 bits per heavy atom. The lowest BCUT2D eigenvalue weighted by atomic mass is 9.85. The molecule has 4 N–H and O–H groups in total. The van der Waals surface area contributed by atoms with E-state index in [1.165, 1.54) is 0 Å². The van der Waals surface area contributed by atoms with Gasteiger partial charge in [0.15, 0.2) is 0 Å². The van der Waals surface area contributed by atoms with Crippen LogP contribution in [0.25, 0.3) is 0 Å². The minimum atomic E-state index is -0.893. The smallest absolute Gasteiger partial charge is 0.315 e. The van der Waals surface area contributed by atoms with Crippen LogP contribution in [0.15, 0.2) is 30.0 Å². The quantitative estimate of drug-likeness (QED) is 0.392. The summed E-state index contributed by atoms with van der Waals surface area (Å²) in [7, 11) is 0. The van der Waals surface area contributed by atoms with Crippen LogP contribution in [0.1, 0.15) is 73.3 Å². The Hall–Kier alpha value is -3.83. The highest BCUT2D eigenvalue weighted by atomic mass is 16.2. The fraction of sp³-hybridized carbons (Fsp3) is 0.613. The molecule has 220 valence electrons. The average molecular weight is 563 g/mol. The van der Waals surface area contributed by atoms with Crippen molar-refractivity contribution in [3.05, 3.63) is 35.5 Å².